The largest absolute Gasteiger partial charge is 0.326 e. The minimum Gasteiger partial charge on any atom is -0.326 e. The molecule has 1 aromatic heterocycles. The lowest BCUT2D eigenvalue weighted by Gasteiger charge is -2.08. The molecule has 2 aromatic carbocycles. The van der Waals surface area contributed by atoms with E-state index >= 15 is 0 Å². The van der Waals surface area contributed by atoms with E-state index in [1.807, 2.05) is 24.3 Å². The second-order valence-electron chi connectivity index (χ2n) is 6.89. The van der Waals surface area contributed by atoms with Crippen LogP contribution >= 0.6 is 11.3 Å². The third-order valence-electron chi connectivity index (χ3n) is 4.30. The first-order chi connectivity index (χ1) is 13.8. The number of thiazole rings is 1. The van der Waals surface area contributed by atoms with Gasteiger partial charge in [0.05, 0.1) is 10.6 Å². The van der Waals surface area contributed by atoms with Crippen molar-refractivity contribution in [2.75, 3.05) is 10.0 Å². The van der Waals surface area contributed by atoms with Gasteiger partial charge in [0.15, 0.2) is 5.13 Å². The minimum atomic E-state index is -3.66. The molecule has 0 spiro atoms. The van der Waals surface area contributed by atoms with Gasteiger partial charge in [-0.25, -0.2) is 13.4 Å². The zero-order valence-electron chi connectivity index (χ0n) is 16.3. The SMILES string of the molecule is CC(C)c1ccc(NC(=O)CCc2csc(NS(=O)(=O)c3ccccc3)n2)cc1. The lowest BCUT2D eigenvalue weighted by atomic mass is 10.0. The summed E-state index contributed by atoms with van der Waals surface area (Å²) >= 11 is 1.20. The van der Waals surface area contributed by atoms with Crippen molar-refractivity contribution in [2.24, 2.45) is 0 Å². The van der Waals surface area contributed by atoms with Crippen LogP contribution in [0.15, 0.2) is 64.9 Å². The minimum absolute atomic E-state index is 0.110. The Labute approximate surface area is 175 Å². The Balaban J connectivity index is 1.53. The second-order valence-corrected chi connectivity index (χ2v) is 9.43. The van der Waals surface area contributed by atoms with Crippen LogP contribution in [0.1, 0.15) is 37.4 Å². The van der Waals surface area contributed by atoms with Gasteiger partial charge in [-0.3, -0.25) is 9.52 Å². The number of carbonyl (C=O) groups excluding carboxylic acids is 1. The molecule has 1 amide bonds. The number of carbonyl (C=O) groups is 1. The maximum absolute atomic E-state index is 12.3. The molecule has 3 aromatic rings. The molecule has 1 heterocycles. The van der Waals surface area contributed by atoms with E-state index in [9.17, 15) is 13.2 Å². The molecule has 29 heavy (non-hydrogen) atoms. The molecule has 0 aliphatic rings. The van der Waals surface area contributed by atoms with Crippen molar-refractivity contribution in [3.8, 4) is 0 Å². The van der Waals surface area contributed by atoms with Gasteiger partial charge >= 0.3 is 0 Å². The Morgan fingerprint density at radius 1 is 1.07 bits per heavy atom. The summed E-state index contributed by atoms with van der Waals surface area (Å²) in [6.07, 6.45) is 0.694. The van der Waals surface area contributed by atoms with Crippen molar-refractivity contribution in [1.29, 1.82) is 0 Å². The third kappa shape index (κ3) is 5.88. The highest BCUT2D eigenvalue weighted by Crippen LogP contribution is 2.21. The van der Waals surface area contributed by atoms with Crippen LogP contribution < -0.4 is 10.0 Å². The maximum Gasteiger partial charge on any atom is 0.263 e. The molecule has 6 nitrogen and oxygen atoms in total. The number of benzene rings is 2. The van der Waals surface area contributed by atoms with Gasteiger partial charge in [0.25, 0.3) is 10.0 Å². The molecule has 0 bridgehead atoms. The van der Waals surface area contributed by atoms with Crippen molar-refractivity contribution < 1.29 is 13.2 Å². The number of hydrogen-bond acceptors (Lipinski definition) is 5. The highest BCUT2D eigenvalue weighted by atomic mass is 32.2. The van der Waals surface area contributed by atoms with Crippen molar-refractivity contribution in [3.63, 3.8) is 0 Å². The Kier molecular flexibility index (Phi) is 6.66. The normalized spacial score (nSPS) is 11.4. The van der Waals surface area contributed by atoms with Crippen molar-refractivity contribution >= 4 is 38.1 Å². The van der Waals surface area contributed by atoms with Gasteiger partial charge in [-0.05, 0) is 42.2 Å². The van der Waals surface area contributed by atoms with Crippen LogP contribution in [0.25, 0.3) is 0 Å². The third-order valence-corrected chi connectivity index (χ3v) is 6.59. The van der Waals surface area contributed by atoms with Gasteiger partial charge in [0, 0.05) is 17.5 Å². The molecule has 0 unspecified atom stereocenters. The molecule has 0 radical (unpaired) electrons. The Morgan fingerprint density at radius 2 is 1.76 bits per heavy atom. The van der Waals surface area contributed by atoms with E-state index in [1.54, 1.807) is 23.6 Å². The summed E-state index contributed by atoms with van der Waals surface area (Å²) in [5.74, 6) is 0.333. The summed E-state index contributed by atoms with van der Waals surface area (Å²) in [5.41, 5.74) is 2.65. The fourth-order valence-electron chi connectivity index (χ4n) is 2.66. The van der Waals surface area contributed by atoms with E-state index in [0.717, 1.165) is 5.69 Å². The molecule has 0 fully saturated rings. The molecule has 0 saturated carbocycles. The lowest BCUT2D eigenvalue weighted by Crippen LogP contribution is -2.13. The first-order valence-corrected chi connectivity index (χ1v) is 11.6. The van der Waals surface area contributed by atoms with Crippen LogP contribution in [0, 0.1) is 0 Å². The smallest absolute Gasteiger partial charge is 0.263 e. The summed E-state index contributed by atoms with van der Waals surface area (Å²) in [6, 6.07) is 15.9. The van der Waals surface area contributed by atoms with E-state index in [0.29, 0.717) is 18.0 Å². The van der Waals surface area contributed by atoms with Gasteiger partial charge in [0.1, 0.15) is 0 Å². The van der Waals surface area contributed by atoms with Crippen LogP contribution in [-0.4, -0.2) is 19.3 Å². The summed E-state index contributed by atoms with van der Waals surface area (Å²) in [4.78, 5) is 16.6. The number of anilines is 2. The standard InChI is InChI=1S/C21H23N3O3S2/c1-15(2)16-8-10-17(11-9-16)22-20(25)13-12-18-14-28-21(23-18)24-29(26,27)19-6-4-3-5-7-19/h3-11,14-15H,12-13H2,1-2H3,(H,22,25)(H,23,24). The van der Waals surface area contributed by atoms with Crippen LogP contribution in [0.3, 0.4) is 0 Å². The molecule has 2 N–H and O–H groups in total. The number of nitrogens with one attached hydrogen (secondary N) is 2. The monoisotopic (exact) mass is 429 g/mol. The van der Waals surface area contributed by atoms with Gasteiger partial charge in [-0.1, -0.05) is 44.2 Å². The highest BCUT2D eigenvalue weighted by Gasteiger charge is 2.16. The predicted octanol–water partition coefficient (Wildman–Crippen LogP) is 4.64. The topological polar surface area (TPSA) is 88.2 Å². The van der Waals surface area contributed by atoms with Gasteiger partial charge in [-0.2, -0.15) is 0 Å². The van der Waals surface area contributed by atoms with E-state index in [4.69, 9.17) is 0 Å². The number of hydrogen-bond donors (Lipinski definition) is 2. The average molecular weight is 430 g/mol. The van der Waals surface area contributed by atoms with Gasteiger partial charge in [0.2, 0.25) is 5.91 Å². The summed E-state index contributed by atoms with van der Waals surface area (Å²) in [6.45, 7) is 4.24. The zero-order valence-corrected chi connectivity index (χ0v) is 17.9. The van der Waals surface area contributed by atoms with Gasteiger partial charge < -0.3 is 5.32 Å². The lowest BCUT2D eigenvalue weighted by molar-refractivity contribution is -0.116. The molecular weight excluding hydrogens is 406 g/mol. The second kappa shape index (κ2) is 9.19. The molecule has 0 aliphatic heterocycles. The first-order valence-electron chi connectivity index (χ1n) is 9.25. The van der Waals surface area contributed by atoms with Crippen molar-refractivity contribution in [3.05, 3.63) is 71.2 Å². The first kappa shape index (κ1) is 21.0. The quantitative estimate of drug-likeness (QED) is 0.546. The van der Waals surface area contributed by atoms with Crippen LogP contribution in [0.4, 0.5) is 10.8 Å². The molecule has 3 rings (SSSR count). The number of nitrogens with zero attached hydrogens (tertiary/aromatic N) is 1. The van der Waals surface area contributed by atoms with E-state index in [1.165, 1.54) is 29.0 Å². The molecule has 0 atom stereocenters. The highest BCUT2D eigenvalue weighted by molar-refractivity contribution is 7.93. The predicted molar refractivity (Wildman–Crippen MR) is 117 cm³/mol. The van der Waals surface area contributed by atoms with E-state index in [2.05, 4.69) is 28.9 Å². The zero-order chi connectivity index (χ0) is 20.9. The number of aromatic nitrogens is 1. The summed E-state index contributed by atoms with van der Waals surface area (Å²) in [5, 5.41) is 4.91. The number of rotatable bonds is 8. The Hall–Kier alpha value is -2.71. The van der Waals surface area contributed by atoms with Crippen LogP contribution in [0.5, 0.6) is 0 Å². The molecule has 8 heteroatoms. The fourth-order valence-corrected chi connectivity index (χ4v) is 4.68. The van der Waals surface area contributed by atoms with Crippen molar-refractivity contribution in [1.82, 2.24) is 4.98 Å². The van der Waals surface area contributed by atoms with Gasteiger partial charge in [-0.15, -0.1) is 11.3 Å². The molecule has 0 aliphatic carbocycles. The summed E-state index contributed by atoms with van der Waals surface area (Å²) < 4.78 is 27.2. The molecular formula is C21H23N3O3S2. The number of aryl methyl sites for hydroxylation is 1. The maximum atomic E-state index is 12.3. The van der Waals surface area contributed by atoms with Crippen molar-refractivity contribution in [2.45, 2.75) is 37.5 Å². The number of sulfonamides is 1. The molecule has 0 saturated heterocycles. The van der Waals surface area contributed by atoms with Crippen LogP contribution in [-0.2, 0) is 21.2 Å². The summed E-state index contributed by atoms with van der Waals surface area (Å²) in [7, 11) is -3.66. The fraction of sp³-hybridized carbons (Fsp3) is 0.238. The molecule has 152 valence electrons. The Morgan fingerprint density at radius 3 is 2.41 bits per heavy atom. The number of amides is 1. The Bertz CT molecular complexity index is 1060. The van der Waals surface area contributed by atoms with Crippen LogP contribution in [0.2, 0.25) is 0 Å². The van der Waals surface area contributed by atoms with E-state index < -0.39 is 10.0 Å². The average Bonchev–Trinajstić information content (AvgIpc) is 3.14. The van der Waals surface area contributed by atoms with E-state index in [-0.39, 0.29) is 22.4 Å².